The Kier molecular flexibility index (Phi) is 6.00. The summed E-state index contributed by atoms with van der Waals surface area (Å²) >= 11 is 0. The molecular formula is C16H21N5O3. The first-order valence-corrected chi connectivity index (χ1v) is 7.83. The number of carbonyl (C=O) groups is 2. The molecule has 0 aliphatic heterocycles. The first-order valence-electron chi connectivity index (χ1n) is 7.83. The maximum absolute atomic E-state index is 12.4. The number of carbonyl (C=O) groups excluding carboxylic acids is 1. The summed E-state index contributed by atoms with van der Waals surface area (Å²) in [4.78, 5) is 24.2. The molecule has 1 aromatic heterocycles. The molecule has 0 saturated carbocycles. The molecule has 2 N–H and O–H groups in total. The smallest absolute Gasteiger partial charge is 0.303 e. The molecule has 1 heterocycles. The monoisotopic (exact) mass is 331 g/mol. The highest BCUT2D eigenvalue weighted by Gasteiger charge is 2.26. The van der Waals surface area contributed by atoms with Crippen LogP contribution >= 0.6 is 0 Å². The Bertz CT molecular complexity index is 684. The van der Waals surface area contributed by atoms with E-state index in [0.29, 0.717) is 18.8 Å². The van der Waals surface area contributed by atoms with Crippen molar-refractivity contribution in [2.24, 2.45) is 5.92 Å². The van der Waals surface area contributed by atoms with Crippen LogP contribution in [0.5, 0.6) is 0 Å². The quantitative estimate of drug-likeness (QED) is 0.710. The van der Waals surface area contributed by atoms with Crippen molar-refractivity contribution < 1.29 is 14.7 Å². The van der Waals surface area contributed by atoms with Gasteiger partial charge in [-0.25, -0.2) is 0 Å². The second-order valence-electron chi connectivity index (χ2n) is 5.78. The summed E-state index contributed by atoms with van der Waals surface area (Å²) in [6.07, 6.45) is 0.401. The van der Waals surface area contributed by atoms with E-state index in [4.69, 9.17) is 5.11 Å². The van der Waals surface area contributed by atoms with Crippen LogP contribution in [-0.4, -0.2) is 43.7 Å². The molecule has 24 heavy (non-hydrogen) atoms. The zero-order valence-electron chi connectivity index (χ0n) is 13.7. The highest BCUT2D eigenvalue weighted by Crippen LogP contribution is 2.18. The molecule has 1 amide bonds. The van der Waals surface area contributed by atoms with Gasteiger partial charge in [0.1, 0.15) is 0 Å². The molecule has 128 valence electrons. The topological polar surface area (TPSA) is 110 Å². The van der Waals surface area contributed by atoms with Gasteiger partial charge >= 0.3 is 5.97 Å². The van der Waals surface area contributed by atoms with Gasteiger partial charge in [0.2, 0.25) is 11.7 Å². The van der Waals surface area contributed by atoms with Gasteiger partial charge in [-0.1, -0.05) is 44.2 Å². The molecule has 0 radical (unpaired) electrons. The number of rotatable bonds is 8. The maximum atomic E-state index is 12.4. The number of nitrogens with one attached hydrogen (secondary N) is 1. The third-order valence-electron chi connectivity index (χ3n) is 3.48. The SMILES string of the molecule is CC(C)C(C(=O)NCCCC(=O)O)n1nnc(-c2ccccc2)n1. The van der Waals surface area contributed by atoms with Gasteiger partial charge in [-0.3, -0.25) is 9.59 Å². The molecule has 0 aliphatic carbocycles. The molecule has 0 fully saturated rings. The number of nitrogens with zero attached hydrogens (tertiary/aromatic N) is 4. The van der Waals surface area contributed by atoms with Gasteiger partial charge in [-0.05, 0) is 17.6 Å². The molecular weight excluding hydrogens is 310 g/mol. The normalized spacial score (nSPS) is 12.1. The Morgan fingerprint density at radius 2 is 1.96 bits per heavy atom. The number of aliphatic carboxylic acids is 1. The van der Waals surface area contributed by atoms with E-state index in [-0.39, 0.29) is 18.2 Å². The number of amides is 1. The highest BCUT2D eigenvalue weighted by atomic mass is 16.4. The van der Waals surface area contributed by atoms with Crippen molar-refractivity contribution in [1.82, 2.24) is 25.5 Å². The van der Waals surface area contributed by atoms with Gasteiger partial charge in [0.05, 0.1) is 0 Å². The van der Waals surface area contributed by atoms with Crippen LogP contribution in [0.25, 0.3) is 11.4 Å². The number of hydrogen-bond donors (Lipinski definition) is 2. The van der Waals surface area contributed by atoms with E-state index < -0.39 is 12.0 Å². The number of benzene rings is 1. The molecule has 0 aliphatic rings. The third kappa shape index (κ3) is 4.61. The molecule has 8 nitrogen and oxygen atoms in total. The third-order valence-corrected chi connectivity index (χ3v) is 3.48. The molecule has 0 bridgehead atoms. The molecule has 0 spiro atoms. The van der Waals surface area contributed by atoms with Crippen molar-refractivity contribution in [2.45, 2.75) is 32.7 Å². The van der Waals surface area contributed by atoms with Gasteiger partial charge in [-0.2, -0.15) is 4.80 Å². The molecule has 1 unspecified atom stereocenters. The summed E-state index contributed by atoms with van der Waals surface area (Å²) in [5.41, 5.74) is 0.827. The lowest BCUT2D eigenvalue weighted by molar-refractivity contribution is -0.137. The van der Waals surface area contributed by atoms with Crippen molar-refractivity contribution in [1.29, 1.82) is 0 Å². The van der Waals surface area contributed by atoms with E-state index in [9.17, 15) is 9.59 Å². The van der Waals surface area contributed by atoms with Gasteiger partial charge in [0.25, 0.3) is 0 Å². The fourth-order valence-electron chi connectivity index (χ4n) is 2.28. The summed E-state index contributed by atoms with van der Waals surface area (Å²) in [7, 11) is 0. The summed E-state index contributed by atoms with van der Waals surface area (Å²) < 4.78 is 0. The highest BCUT2D eigenvalue weighted by molar-refractivity contribution is 5.80. The minimum atomic E-state index is -0.880. The van der Waals surface area contributed by atoms with Crippen molar-refractivity contribution in [2.75, 3.05) is 6.54 Å². The fourth-order valence-corrected chi connectivity index (χ4v) is 2.28. The zero-order chi connectivity index (χ0) is 17.5. The van der Waals surface area contributed by atoms with Crippen LogP contribution in [0.4, 0.5) is 0 Å². The van der Waals surface area contributed by atoms with Gasteiger partial charge in [0.15, 0.2) is 6.04 Å². The van der Waals surface area contributed by atoms with Crippen molar-refractivity contribution in [3.63, 3.8) is 0 Å². The predicted molar refractivity (Wildman–Crippen MR) is 87.0 cm³/mol. The lowest BCUT2D eigenvalue weighted by atomic mass is 10.0. The van der Waals surface area contributed by atoms with Gasteiger partial charge in [0, 0.05) is 18.5 Å². The Morgan fingerprint density at radius 1 is 1.25 bits per heavy atom. The predicted octanol–water partition coefficient (Wildman–Crippen LogP) is 1.52. The first-order chi connectivity index (χ1) is 11.5. The standard InChI is InChI=1S/C16H21N5O3/c1-11(2)14(16(24)17-10-6-9-13(22)23)21-19-15(18-20-21)12-7-4-3-5-8-12/h3-5,7-8,11,14H,6,9-10H2,1-2H3,(H,17,24)(H,22,23). The van der Waals surface area contributed by atoms with Gasteiger partial charge in [-0.15, -0.1) is 10.2 Å². The Labute approximate surface area is 139 Å². The van der Waals surface area contributed by atoms with E-state index >= 15 is 0 Å². The first kappa shape index (κ1) is 17.6. The molecule has 2 rings (SSSR count). The van der Waals surface area contributed by atoms with Gasteiger partial charge < -0.3 is 10.4 Å². The lowest BCUT2D eigenvalue weighted by Crippen LogP contribution is -2.37. The van der Waals surface area contributed by atoms with Crippen LogP contribution in [0, 0.1) is 5.92 Å². The molecule has 0 saturated heterocycles. The second-order valence-corrected chi connectivity index (χ2v) is 5.78. The summed E-state index contributed by atoms with van der Waals surface area (Å²) in [6.45, 7) is 4.09. The average Bonchev–Trinajstić information content (AvgIpc) is 3.01. The van der Waals surface area contributed by atoms with Crippen molar-refractivity contribution in [3.8, 4) is 11.4 Å². The van der Waals surface area contributed by atoms with Crippen molar-refractivity contribution in [3.05, 3.63) is 30.3 Å². The molecule has 2 aromatic rings. The Hall–Kier alpha value is -2.77. The molecule has 1 aromatic carbocycles. The number of tetrazole rings is 1. The summed E-state index contributed by atoms with van der Waals surface area (Å²) in [5.74, 6) is -0.704. The van der Waals surface area contributed by atoms with E-state index in [1.807, 2.05) is 44.2 Å². The zero-order valence-corrected chi connectivity index (χ0v) is 13.7. The fraction of sp³-hybridized carbons (Fsp3) is 0.438. The van der Waals surface area contributed by atoms with Crippen LogP contribution in [0.1, 0.15) is 32.7 Å². The Balaban J connectivity index is 2.06. The lowest BCUT2D eigenvalue weighted by Gasteiger charge is -2.18. The summed E-state index contributed by atoms with van der Waals surface area (Å²) in [6, 6.07) is 8.81. The van der Waals surface area contributed by atoms with Crippen LogP contribution in [0.15, 0.2) is 30.3 Å². The van der Waals surface area contributed by atoms with E-state index in [1.54, 1.807) is 0 Å². The van der Waals surface area contributed by atoms with Crippen LogP contribution < -0.4 is 5.32 Å². The van der Waals surface area contributed by atoms with E-state index in [1.165, 1.54) is 4.80 Å². The second kappa shape index (κ2) is 8.19. The number of aromatic nitrogens is 4. The average molecular weight is 331 g/mol. The molecule has 1 atom stereocenters. The minimum Gasteiger partial charge on any atom is -0.481 e. The van der Waals surface area contributed by atoms with Crippen LogP contribution in [0.2, 0.25) is 0 Å². The minimum absolute atomic E-state index is 0.0202. The largest absolute Gasteiger partial charge is 0.481 e. The van der Waals surface area contributed by atoms with E-state index in [0.717, 1.165) is 5.56 Å². The van der Waals surface area contributed by atoms with E-state index in [2.05, 4.69) is 20.7 Å². The Morgan fingerprint density at radius 3 is 2.58 bits per heavy atom. The summed E-state index contributed by atoms with van der Waals surface area (Å²) in [5, 5.41) is 23.7. The van der Waals surface area contributed by atoms with Crippen molar-refractivity contribution >= 4 is 11.9 Å². The van der Waals surface area contributed by atoms with Crippen LogP contribution in [0.3, 0.4) is 0 Å². The number of hydrogen-bond acceptors (Lipinski definition) is 5. The number of carboxylic acids is 1. The molecule has 8 heteroatoms. The van der Waals surface area contributed by atoms with Crippen LogP contribution in [-0.2, 0) is 9.59 Å². The number of carboxylic acid groups (broad SMARTS) is 1. The maximum Gasteiger partial charge on any atom is 0.303 e.